The Morgan fingerprint density at radius 2 is 1.69 bits per heavy atom. The largest absolute Gasteiger partial charge is 0.573 e. The van der Waals surface area contributed by atoms with E-state index in [0.29, 0.717) is 34.6 Å². The number of nitrogens with two attached hydrogens (primary N) is 1. The van der Waals surface area contributed by atoms with Gasteiger partial charge >= 0.3 is 6.36 Å². The minimum atomic E-state index is -4.78. The van der Waals surface area contributed by atoms with Gasteiger partial charge in [-0.05, 0) is 74.3 Å². The van der Waals surface area contributed by atoms with Gasteiger partial charge in [0.25, 0.3) is 0 Å². The fourth-order valence-electron chi connectivity index (χ4n) is 4.61. The monoisotopic (exact) mass is 538 g/mol. The molecule has 0 atom stereocenters. The zero-order chi connectivity index (χ0) is 27.2. The standard InChI is InChI=1S/C28H29F3N6O2/c29-28(30,31)39-23-9-10-25-20(16-23)15-21(17-33-25)35-26-24(18-34-27(32)36-26)19-5-7-22(8-6-19)38-14-4-13-37-11-2-1-3-12-37/h5-10,15-18H,1-4,11-14H2,(H3,32,34,35,36). The lowest BCUT2D eigenvalue weighted by atomic mass is 10.1. The molecule has 2 aromatic heterocycles. The average molecular weight is 539 g/mol. The number of nitrogens with zero attached hydrogens (tertiary/aromatic N) is 4. The Morgan fingerprint density at radius 3 is 2.46 bits per heavy atom. The molecule has 1 aliphatic heterocycles. The first-order valence-electron chi connectivity index (χ1n) is 12.8. The molecule has 0 radical (unpaired) electrons. The Hall–Kier alpha value is -4.12. The van der Waals surface area contributed by atoms with E-state index in [1.54, 1.807) is 18.5 Å². The summed E-state index contributed by atoms with van der Waals surface area (Å²) in [5.41, 5.74) is 8.41. The van der Waals surface area contributed by atoms with Gasteiger partial charge < -0.3 is 25.4 Å². The summed E-state index contributed by atoms with van der Waals surface area (Å²) in [4.78, 5) is 15.3. The van der Waals surface area contributed by atoms with Crippen LogP contribution in [0.25, 0.3) is 22.0 Å². The van der Waals surface area contributed by atoms with Crippen LogP contribution in [0.3, 0.4) is 0 Å². The van der Waals surface area contributed by atoms with E-state index in [1.807, 2.05) is 24.3 Å². The van der Waals surface area contributed by atoms with Gasteiger partial charge in [0.2, 0.25) is 5.95 Å². The topological polar surface area (TPSA) is 98.4 Å². The van der Waals surface area contributed by atoms with Gasteiger partial charge in [0.1, 0.15) is 17.3 Å². The smallest absolute Gasteiger partial charge is 0.494 e. The van der Waals surface area contributed by atoms with Crippen molar-refractivity contribution in [3.8, 4) is 22.6 Å². The third-order valence-electron chi connectivity index (χ3n) is 6.46. The van der Waals surface area contributed by atoms with Crippen molar-refractivity contribution in [1.82, 2.24) is 19.9 Å². The molecule has 39 heavy (non-hydrogen) atoms. The summed E-state index contributed by atoms with van der Waals surface area (Å²) < 4.78 is 47.9. The third-order valence-corrected chi connectivity index (χ3v) is 6.46. The first kappa shape index (κ1) is 26.5. The van der Waals surface area contributed by atoms with Gasteiger partial charge in [-0.2, -0.15) is 4.98 Å². The Labute approximate surface area is 224 Å². The second-order valence-corrected chi connectivity index (χ2v) is 9.37. The third kappa shape index (κ3) is 7.26. The highest BCUT2D eigenvalue weighted by atomic mass is 19.4. The fraction of sp³-hybridized carbons (Fsp3) is 0.321. The summed E-state index contributed by atoms with van der Waals surface area (Å²) >= 11 is 0. The van der Waals surface area contributed by atoms with Crippen molar-refractivity contribution >= 4 is 28.4 Å². The summed E-state index contributed by atoms with van der Waals surface area (Å²) in [7, 11) is 0. The van der Waals surface area contributed by atoms with Crippen LogP contribution in [-0.2, 0) is 0 Å². The summed E-state index contributed by atoms with van der Waals surface area (Å²) in [6, 6.07) is 13.3. The van der Waals surface area contributed by atoms with Crippen LogP contribution in [0.15, 0.2) is 60.9 Å². The van der Waals surface area contributed by atoms with Gasteiger partial charge in [-0.1, -0.05) is 18.6 Å². The molecule has 0 unspecified atom stereocenters. The van der Waals surface area contributed by atoms with Crippen molar-refractivity contribution in [2.75, 3.05) is 37.3 Å². The van der Waals surface area contributed by atoms with Crippen molar-refractivity contribution < 1.29 is 22.6 Å². The molecule has 11 heteroatoms. The molecule has 8 nitrogen and oxygen atoms in total. The second kappa shape index (κ2) is 11.7. The zero-order valence-corrected chi connectivity index (χ0v) is 21.2. The lowest BCUT2D eigenvalue weighted by Crippen LogP contribution is -2.31. The van der Waals surface area contributed by atoms with Crippen molar-refractivity contribution in [2.45, 2.75) is 32.0 Å². The van der Waals surface area contributed by atoms with Gasteiger partial charge in [-0.15, -0.1) is 13.2 Å². The molecule has 0 bridgehead atoms. The van der Waals surface area contributed by atoms with Crippen LogP contribution in [0.5, 0.6) is 11.5 Å². The first-order chi connectivity index (χ1) is 18.8. The van der Waals surface area contributed by atoms with Gasteiger partial charge in [0.05, 0.1) is 24.0 Å². The predicted octanol–water partition coefficient (Wildman–Crippen LogP) is 6.17. The van der Waals surface area contributed by atoms with E-state index in [0.717, 1.165) is 24.3 Å². The van der Waals surface area contributed by atoms with Crippen LogP contribution in [0.1, 0.15) is 25.7 Å². The number of aromatic nitrogens is 3. The maximum absolute atomic E-state index is 12.6. The van der Waals surface area contributed by atoms with Crippen LogP contribution in [0.4, 0.5) is 30.6 Å². The molecule has 204 valence electrons. The number of halogens is 3. The molecule has 0 amide bonds. The molecule has 0 saturated carbocycles. The Balaban J connectivity index is 1.27. The molecule has 3 N–H and O–H groups in total. The number of pyridine rings is 1. The number of hydrogen-bond acceptors (Lipinski definition) is 8. The molecular weight excluding hydrogens is 509 g/mol. The molecule has 1 saturated heterocycles. The SMILES string of the molecule is Nc1ncc(-c2ccc(OCCCN3CCCCC3)cc2)c(Nc2cnc3ccc(OC(F)(F)F)cc3c2)n1. The van der Waals surface area contributed by atoms with Crippen LogP contribution in [0.2, 0.25) is 0 Å². The predicted molar refractivity (Wildman–Crippen MR) is 144 cm³/mol. The Bertz CT molecular complexity index is 1410. The average Bonchev–Trinajstić information content (AvgIpc) is 2.91. The van der Waals surface area contributed by atoms with Crippen LogP contribution < -0.4 is 20.5 Å². The lowest BCUT2D eigenvalue weighted by molar-refractivity contribution is -0.274. The maximum atomic E-state index is 12.6. The first-order valence-corrected chi connectivity index (χ1v) is 12.8. The number of likely N-dealkylation sites (tertiary alicyclic amines) is 1. The minimum Gasteiger partial charge on any atom is -0.494 e. The van der Waals surface area contributed by atoms with Gasteiger partial charge in [0, 0.05) is 23.7 Å². The summed E-state index contributed by atoms with van der Waals surface area (Å²) in [6.07, 6.45) is 3.27. The maximum Gasteiger partial charge on any atom is 0.573 e. The highest BCUT2D eigenvalue weighted by Gasteiger charge is 2.31. The Morgan fingerprint density at radius 1 is 0.923 bits per heavy atom. The lowest BCUT2D eigenvalue weighted by Gasteiger charge is -2.26. The van der Waals surface area contributed by atoms with Crippen molar-refractivity contribution in [1.29, 1.82) is 0 Å². The summed E-state index contributed by atoms with van der Waals surface area (Å²) in [5, 5.41) is 3.63. The summed E-state index contributed by atoms with van der Waals surface area (Å²) in [6.45, 7) is 4.06. The number of fused-ring (bicyclic) bond motifs is 1. The molecule has 3 heterocycles. The number of ether oxygens (including phenoxy) is 2. The van der Waals surface area contributed by atoms with Gasteiger partial charge in [0.15, 0.2) is 0 Å². The second-order valence-electron chi connectivity index (χ2n) is 9.37. The molecule has 1 aliphatic rings. The highest BCUT2D eigenvalue weighted by Crippen LogP contribution is 2.32. The normalized spacial score (nSPS) is 14.3. The van der Waals surface area contributed by atoms with E-state index in [1.165, 1.54) is 50.6 Å². The van der Waals surface area contributed by atoms with Crippen molar-refractivity contribution in [3.63, 3.8) is 0 Å². The quantitative estimate of drug-likeness (QED) is 0.244. The number of nitrogens with one attached hydrogen (secondary N) is 1. The fourth-order valence-corrected chi connectivity index (χ4v) is 4.61. The van der Waals surface area contributed by atoms with Crippen LogP contribution >= 0.6 is 0 Å². The van der Waals surface area contributed by atoms with Crippen LogP contribution in [-0.4, -0.2) is 52.5 Å². The van der Waals surface area contributed by atoms with E-state index in [-0.39, 0.29) is 11.7 Å². The minimum absolute atomic E-state index is 0.0736. The molecule has 0 spiro atoms. The van der Waals surface area contributed by atoms with E-state index in [2.05, 4.69) is 29.9 Å². The Kier molecular flexibility index (Phi) is 7.97. The number of hydrogen-bond donors (Lipinski definition) is 2. The highest BCUT2D eigenvalue weighted by molar-refractivity contribution is 5.85. The van der Waals surface area contributed by atoms with Crippen molar-refractivity contribution in [3.05, 3.63) is 60.9 Å². The van der Waals surface area contributed by atoms with Crippen LogP contribution in [0, 0.1) is 0 Å². The van der Waals surface area contributed by atoms with Crippen molar-refractivity contribution in [2.24, 2.45) is 0 Å². The number of nitrogen functional groups attached to an aromatic ring is 1. The van der Waals surface area contributed by atoms with Gasteiger partial charge in [-0.3, -0.25) is 4.98 Å². The molecule has 1 fully saturated rings. The summed E-state index contributed by atoms with van der Waals surface area (Å²) in [5.74, 6) is 0.958. The number of piperidine rings is 1. The molecule has 0 aliphatic carbocycles. The molecule has 2 aromatic carbocycles. The number of alkyl halides is 3. The number of rotatable bonds is 9. The number of anilines is 3. The van der Waals surface area contributed by atoms with E-state index >= 15 is 0 Å². The van der Waals surface area contributed by atoms with Gasteiger partial charge in [-0.25, -0.2) is 4.98 Å². The van der Waals surface area contributed by atoms with E-state index < -0.39 is 6.36 Å². The zero-order valence-electron chi connectivity index (χ0n) is 21.2. The number of benzene rings is 2. The van der Waals surface area contributed by atoms with E-state index in [9.17, 15) is 13.2 Å². The van der Waals surface area contributed by atoms with E-state index in [4.69, 9.17) is 10.5 Å². The molecule has 4 aromatic rings. The molecular formula is C28H29F3N6O2. The molecule has 5 rings (SSSR count).